The van der Waals surface area contributed by atoms with Crippen molar-refractivity contribution >= 4 is 22.4 Å². The average molecular weight is 387 g/mol. The Bertz CT molecular complexity index is 1080. The van der Waals surface area contributed by atoms with E-state index in [1.54, 1.807) is 12.5 Å². The van der Waals surface area contributed by atoms with Gasteiger partial charge in [0.25, 0.3) is 0 Å². The van der Waals surface area contributed by atoms with E-state index in [9.17, 15) is 5.26 Å². The molecule has 0 unspecified atom stereocenters. The number of pyridine rings is 1. The monoisotopic (exact) mass is 386 g/mol. The summed E-state index contributed by atoms with van der Waals surface area (Å²) < 4.78 is 0. The van der Waals surface area contributed by atoms with Gasteiger partial charge in [0.2, 0.25) is 0 Å². The van der Waals surface area contributed by atoms with Crippen LogP contribution in [0.1, 0.15) is 42.1 Å². The van der Waals surface area contributed by atoms with Gasteiger partial charge in [-0.15, -0.1) is 0 Å². The molecule has 6 heteroatoms. The zero-order valence-corrected chi connectivity index (χ0v) is 17.2. The fourth-order valence-electron chi connectivity index (χ4n) is 4.11. The number of benzene rings is 1. The van der Waals surface area contributed by atoms with Crippen molar-refractivity contribution < 1.29 is 0 Å². The van der Waals surface area contributed by atoms with Crippen molar-refractivity contribution in [3.05, 3.63) is 53.1 Å². The normalized spacial score (nSPS) is 14.8. The van der Waals surface area contributed by atoms with Crippen LogP contribution in [-0.4, -0.2) is 34.1 Å². The molecule has 3 heterocycles. The quantitative estimate of drug-likeness (QED) is 0.725. The molecule has 0 atom stereocenters. The largest absolute Gasteiger partial charge is 0.381 e. The molecule has 4 rings (SSSR count). The van der Waals surface area contributed by atoms with Crippen molar-refractivity contribution in [2.75, 3.05) is 23.3 Å². The molecule has 1 fully saturated rings. The molecule has 0 aliphatic carbocycles. The van der Waals surface area contributed by atoms with E-state index in [0.29, 0.717) is 11.6 Å². The first-order valence-corrected chi connectivity index (χ1v) is 10.2. The fourth-order valence-corrected chi connectivity index (χ4v) is 4.11. The van der Waals surface area contributed by atoms with Crippen LogP contribution in [0, 0.1) is 25.2 Å². The highest BCUT2D eigenvalue weighted by atomic mass is 15.2. The fraction of sp³-hybridized carbons (Fsp3) is 0.391. The van der Waals surface area contributed by atoms with Gasteiger partial charge in [0.1, 0.15) is 18.2 Å². The van der Waals surface area contributed by atoms with Gasteiger partial charge >= 0.3 is 0 Å². The second-order valence-corrected chi connectivity index (χ2v) is 7.76. The molecular weight excluding hydrogens is 360 g/mol. The number of aromatic nitrogens is 3. The van der Waals surface area contributed by atoms with Crippen molar-refractivity contribution in [2.24, 2.45) is 0 Å². The lowest BCUT2D eigenvalue weighted by Crippen LogP contribution is -2.39. The predicted molar refractivity (Wildman–Crippen MR) is 116 cm³/mol. The second-order valence-electron chi connectivity index (χ2n) is 7.76. The van der Waals surface area contributed by atoms with E-state index >= 15 is 0 Å². The number of nitrogens with one attached hydrogen (secondary N) is 1. The van der Waals surface area contributed by atoms with Crippen LogP contribution in [0.5, 0.6) is 0 Å². The molecule has 0 saturated carbocycles. The van der Waals surface area contributed by atoms with Crippen molar-refractivity contribution in [2.45, 2.75) is 46.1 Å². The number of anilines is 2. The van der Waals surface area contributed by atoms with Gasteiger partial charge in [-0.25, -0.2) is 9.97 Å². The number of nitrogens with zero attached hydrogens (tertiary/aromatic N) is 5. The van der Waals surface area contributed by atoms with Crippen LogP contribution in [0.2, 0.25) is 0 Å². The minimum absolute atomic E-state index is 0.317. The Morgan fingerprint density at radius 2 is 1.93 bits per heavy atom. The molecule has 0 spiro atoms. The lowest BCUT2D eigenvalue weighted by Gasteiger charge is -2.34. The molecule has 0 bridgehead atoms. The van der Waals surface area contributed by atoms with Gasteiger partial charge in [-0.05, 0) is 44.7 Å². The van der Waals surface area contributed by atoms with Crippen LogP contribution >= 0.6 is 0 Å². The van der Waals surface area contributed by atoms with E-state index in [2.05, 4.69) is 70.2 Å². The van der Waals surface area contributed by atoms with Gasteiger partial charge in [0, 0.05) is 42.5 Å². The molecule has 29 heavy (non-hydrogen) atoms. The lowest BCUT2D eigenvalue weighted by atomic mass is 10.0. The first kappa shape index (κ1) is 19.1. The highest BCUT2D eigenvalue weighted by Gasteiger charge is 2.22. The van der Waals surface area contributed by atoms with Crippen LogP contribution < -0.4 is 10.2 Å². The third-order valence-corrected chi connectivity index (χ3v) is 5.67. The number of hydrogen-bond donors (Lipinski definition) is 1. The molecule has 0 radical (unpaired) electrons. The number of nitriles is 1. The number of fused-ring (bicyclic) bond motifs is 1. The summed E-state index contributed by atoms with van der Waals surface area (Å²) >= 11 is 0. The van der Waals surface area contributed by atoms with E-state index in [0.717, 1.165) is 66.0 Å². The van der Waals surface area contributed by atoms with Crippen LogP contribution in [0.25, 0.3) is 10.9 Å². The highest BCUT2D eigenvalue weighted by molar-refractivity contribution is 5.96. The van der Waals surface area contributed by atoms with Gasteiger partial charge in [0.15, 0.2) is 0 Å². The summed E-state index contributed by atoms with van der Waals surface area (Å²) in [5.74, 6) is 1.01. The first-order chi connectivity index (χ1) is 14.1. The Kier molecular flexibility index (Phi) is 5.30. The molecule has 3 aromatic rings. The van der Waals surface area contributed by atoms with Crippen molar-refractivity contribution in [1.82, 2.24) is 15.0 Å². The minimum Gasteiger partial charge on any atom is -0.381 e. The Labute approximate surface area is 171 Å². The Morgan fingerprint density at radius 1 is 1.14 bits per heavy atom. The molecule has 1 aromatic carbocycles. The lowest BCUT2D eigenvalue weighted by molar-refractivity contribution is 0.523. The highest BCUT2D eigenvalue weighted by Crippen LogP contribution is 2.31. The molecule has 6 nitrogen and oxygen atoms in total. The molecular formula is C23H26N6. The van der Waals surface area contributed by atoms with Crippen LogP contribution in [0.4, 0.5) is 11.5 Å². The predicted octanol–water partition coefficient (Wildman–Crippen LogP) is 4.16. The number of piperidine rings is 1. The second kappa shape index (κ2) is 8.04. The Balaban J connectivity index is 1.55. The molecule has 0 amide bonds. The molecule has 1 aliphatic rings. The molecule has 148 valence electrons. The smallest absolute Gasteiger partial charge is 0.132 e. The zero-order valence-electron chi connectivity index (χ0n) is 17.2. The van der Waals surface area contributed by atoms with Crippen molar-refractivity contribution in [1.29, 1.82) is 5.26 Å². The van der Waals surface area contributed by atoms with Gasteiger partial charge in [-0.3, -0.25) is 4.98 Å². The van der Waals surface area contributed by atoms with Crippen molar-refractivity contribution in [3.8, 4) is 6.07 Å². The SMILES string of the molecule is CCc1cc(N2CCC(Nc3c(C#N)cnc4c(C)cc(C)cc34)CC2)ncn1. The van der Waals surface area contributed by atoms with E-state index < -0.39 is 0 Å². The average Bonchev–Trinajstić information content (AvgIpc) is 2.74. The van der Waals surface area contributed by atoms with Crippen molar-refractivity contribution in [3.63, 3.8) is 0 Å². The van der Waals surface area contributed by atoms with Gasteiger partial charge in [-0.1, -0.05) is 18.6 Å². The van der Waals surface area contributed by atoms with Crippen LogP contribution in [0.15, 0.2) is 30.7 Å². The summed E-state index contributed by atoms with van der Waals surface area (Å²) in [6.07, 6.45) is 6.25. The van der Waals surface area contributed by atoms with Crippen LogP contribution in [-0.2, 0) is 6.42 Å². The van der Waals surface area contributed by atoms with Crippen LogP contribution in [0.3, 0.4) is 0 Å². The topological polar surface area (TPSA) is 77.7 Å². The molecule has 1 N–H and O–H groups in total. The van der Waals surface area contributed by atoms with E-state index in [-0.39, 0.29) is 0 Å². The maximum absolute atomic E-state index is 9.63. The summed E-state index contributed by atoms with van der Waals surface area (Å²) in [6, 6.07) is 8.98. The number of hydrogen-bond acceptors (Lipinski definition) is 6. The standard InChI is InChI=1S/C23H26N6/c1-4-18-11-21(27-14-26-18)29-7-5-19(6-8-29)28-23-17(12-24)13-25-22-16(3)9-15(2)10-20(22)23/h9-11,13-14,19H,4-8H2,1-3H3,(H,25,28). The molecule has 1 saturated heterocycles. The van der Waals surface area contributed by atoms with E-state index in [1.165, 1.54) is 5.56 Å². The first-order valence-electron chi connectivity index (χ1n) is 10.2. The third-order valence-electron chi connectivity index (χ3n) is 5.67. The summed E-state index contributed by atoms with van der Waals surface area (Å²) in [5, 5.41) is 14.3. The Morgan fingerprint density at radius 3 is 2.66 bits per heavy atom. The number of aryl methyl sites for hydroxylation is 3. The molecule has 1 aliphatic heterocycles. The summed E-state index contributed by atoms with van der Waals surface area (Å²) in [5.41, 5.74) is 5.87. The van der Waals surface area contributed by atoms with E-state index in [4.69, 9.17) is 0 Å². The third kappa shape index (κ3) is 3.86. The summed E-state index contributed by atoms with van der Waals surface area (Å²) in [7, 11) is 0. The van der Waals surface area contributed by atoms with Gasteiger partial charge in [-0.2, -0.15) is 5.26 Å². The number of rotatable bonds is 4. The maximum atomic E-state index is 9.63. The summed E-state index contributed by atoms with van der Waals surface area (Å²) in [6.45, 7) is 8.13. The summed E-state index contributed by atoms with van der Waals surface area (Å²) in [4.78, 5) is 15.6. The van der Waals surface area contributed by atoms with E-state index in [1.807, 2.05) is 0 Å². The zero-order chi connectivity index (χ0) is 20.4. The van der Waals surface area contributed by atoms with Gasteiger partial charge < -0.3 is 10.2 Å². The Hall–Kier alpha value is -3.20. The maximum Gasteiger partial charge on any atom is 0.132 e. The molecule has 2 aromatic heterocycles. The minimum atomic E-state index is 0.317. The van der Waals surface area contributed by atoms with Gasteiger partial charge in [0.05, 0.1) is 16.8 Å².